The van der Waals surface area contributed by atoms with E-state index in [2.05, 4.69) is 0 Å². The molecule has 1 rings (SSSR count). The number of nitrogen functional groups attached to an aromatic ring is 1. The first-order valence-electron chi connectivity index (χ1n) is 4.58. The third-order valence-corrected chi connectivity index (χ3v) is 4.71. The number of nitrogens with two attached hydrogens (primary N) is 1. The van der Waals surface area contributed by atoms with Gasteiger partial charge in [-0.15, -0.1) is 0 Å². The smallest absolute Gasteiger partial charge is 0.182 e. The van der Waals surface area contributed by atoms with Gasteiger partial charge in [-0.1, -0.05) is 19.1 Å². The minimum Gasteiger partial charge on any atom is -0.398 e. The lowest BCUT2D eigenvalue weighted by molar-refractivity contribution is 0.581. The maximum absolute atomic E-state index is 11.9. The monoisotopic (exact) mass is 213 g/mol. The first-order chi connectivity index (χ1) is 6.50. The normalized spacial score (nSPS) is 13.9. The molecular formula is C10H15NO2S. The van der Waals surface area contributed by atoms with Crippen molar-refractivity contribution in [2.24, 2.45) is 0 Å². The third kappa shape index (κ3) is 1.90. The molecule has 4 heteroatoms. The number of benzene rings is 1. The van der Waals surface area contributed by atoms with Gasteiger partial charge in [0.05, 0.1) is 15.8 Å². The Kier molecular flexibility index (Phi) is 3.16. The lowest BCUT2D eigenvalue weighted by Crippen LogP contribution is -2.18. The van der Waals surface area contributed by atoms with Crippen molar-refractivity contribution in [2.75, 3.05) is 5.73 Å². The Morgan fingerprint density at radius 2 is 1.93 bits per heavy atom. The Bertz CT molecular complexity index is 412. The molecule has 0 amide bonds. The van der Waals surface area contributed by atoms with Gasteiger partial charge in [0.2, 0.25) is 0 Å². The molecule has 0 saturated heterocycles. The van der Waals surface area contributed by atoms with E-state index in [1.54, 1.807) is 31.2 Å². The van der Waals surface area contributed by atoms with Crippen molar-refractivity contribution in [3.05, 3.63) is 24.3 Å². The number of sulfone groups is 1. The molecule has 0 aromatic heterocycles. The number of hydrogen-bond acceptors (Lipinski definition) is 3. The summed E-state index contributed by atoms with van der Waals surface area (Å²) >= 11 is 0. The van der Waals surface area contributed by atoms with Crippen molar-refractivity contribution >= 4 is 15.5 Å². The van der Waals surface area contributed by atoms with Crippen LogP contribution >= 0.6 is 0 Å². The van der Waals surface area contributed by atoms with Crippen LogP contribution in [-0.4, -0.2) is 13.7 Å². The highest BCUT2D eigenvalue weighted by atomic mass is 32.2. The second-order valence-electron chi connectivity index (χ2n) is 3.30. The van der Waals surface area contributed by atoms with Crippen LogP contribution in [0.25, 0.3) is 0 Å². The minimum atomic E-state index is -3.24. The van der Waals surface area contributed by atoms with Crippen molar-refractivity contribution in [2.45, 2.75) is 30.4 Å². The van der Waals surface area contributed by atoms with E-state index in [1.165, 1.54) is 0 Å². The number of hydrogen-bond donors (Lipinski definition) is 1. The molecule has 78 valence electrons. The van der Waals surface area contributed by atoms with E-state index >= 15 is 0 Å². The minimum absolute atomic E-state index is 0.245. The molecule has 1 aromatic carbocycles. The molecule has 0 aliphatic rings. The van der Waals surface area contributed by atoms with E-state index in [0.29, 0.717) is 12.1 Å². The number of anilines is 1. The summed E-state index contributed by atoms with van der Waals surface area (Å²) in [7, 11) is -3.24. The predicted octanol–water partition coefficient (Wildman–Crippen LogP) is 1.84. The largest absolute Gasteiger partial charge is 0.398 e. The Balaban J connectivity index is 3.24. The van der Waals surface area contributed by atoms with Crippen LogP contribution < -0.4 is 5.73 Å². The van der Waals surface area contributed by atoms with Crippen LogP contribution in [0.2, 0.25) is 0 Å². The zero-order valence-corrected chi connectivity index (χ0v) is 9.21. The van der Waals surface area contributed by atoms with Gasteiger partial charge in [-0.25, -0.2) is 8.42 Å². The van der Waals surface area contributed by atoms with Crippen molar-refractivity contribution in [1.29, 1.82) is 0 Å². The molecule has 0 fully saturated rings. The standard InChI is InChI=1S/C10H15NO2S/c1-3-8(2)14(12,13)10-7-5-4-6-9(10)11/h4-8H,3,11H2,1-2H3. The quantitative estimate of drug-likeness (QED) is 0.779. The summed E-state index contributed by atoms with van der Waals surface area (Å²) in [6, 6.07) is 6.57. The average molecular weight is 213 g/mol. The highest BCUT2D eigenvalue weighted by Gasteiger charge is 2.23. The molecule has 0 spiro atoms. The van der Waals surface area contributed by atoms with Gasteiger partial charge < -0.3 is 5.73 Å². The number of rotatable bonds is 3. The van der Waals surface area contributed by atoms with Gasteiger partial charge in [0.1, 0.15) is 0 Å². The van der Waals surface area contributed by atoms with Crippen molar-refractivity contribution in [3.8, 4) is 0 Å². The SMILES string of the molecule is CCC(C)S(=O)(=O)c1ccccc1N. The molecule has 0 bridgehead atoms. The average Bonchev–Trinajstić information content (AvgIpc) is 2.17. The molecule has 0 aliphatic carbocycles. The van der Waals surface area contributed by atoms with Crippen molar-refractivity contribution in [3.63, 3.8) is 0 Å². The van der Waals surface area contributed by atoms with E-state index in [9.17, 15) is 8.42 Å². The van der Waals surface area contributed by atoms with Crippen LogP contribution in [0.15, 0.2) is 29.2 Å². The van der Waals surface area contributed by atoms with Crippen molar-refractivity contribution < 1.29 is 8.42 Å². The van der Waals surface area contributed by atoms with Gasteiger partial charge in [0.25, 0.3) is 0 Å². The van der Waals surface area contributed by atoms with Crippen LogP contribution in [0.4, 0.5) is 5.69 Å². The summed E-state index contributed by atoms with van der Waals surface area (Å²) in [6.45, 7) is 3.54. The highest BCUT2D eigenvalue weighted by Crippen LogP contribution is 2.23. The van der Waals surface area contributed by atoms with Gasteiger partial charge in [-0.3, -0.25) is 0 Å². The summed E-state index contributed by atoms with van der Waals surface area (Å²) in [5, 5.41) is -0.382. The second-order valence-corrected chi connectivity index (χ2v) is 5.64. The predicted molar refractivity (Wildman–Crippen MR) is 57.8 cm³/mol. The molecule has 0 heterocycles. The Hall–Kier alpha value is -1.03. The van der Waals surface area contributed by atoms with E-state index < -0.39 is 9.84 Å². The molecule has 3 nitrogen and oxygen atoms in total. The van der Waals surface area contributed by atoms with Gasteiger partial charge in [0, 0.05) is 0 Å². The summed E-state index contributed by atoms with van der Waals surface area (Å²) in [5.41, 5.74) is 5.95. The summed E-state index contributed by atoms with van der Waals surface area (Å²) in [5.74, 6) is 0. The maximum atomic E-state index is 11.9. The molecule has 2 N–H and O–H groups in total. The Morgan fingerprint density at radius 1 is 1.36 bits per heavy atom. The highest BCUT2D eigenvalue weighted by molar-refractivity contribution is 7.92. The topological polar surface area (TPSA) is 60.2 Å². The fourth-order valence-corrected chi connectivity index (χ4v) is 2.71. The second kappa shape index (κ2) is 4.00. The lowest BCUT2D eigenvalue weighted by atomic mass is 10.3. The molecule has 1 aromatic rings. The summed E-state index contributed by atoms with van der Waals surface area (Å²) in [4.78, 5) is 0.245. The third-order valence-electron chi connectivity index (χ3n) is 2.33. The van der Waals surface area contributed by atoms with E-state index in [4.69, 9.17) is 5.73 Å². The summed E-state index contributed by atoms with van der Waals surface area (Å²) < 4.78 is 23.8. The van der Waals surface area contributed by atoms with Crippen LogP contribution in [0.5, 0.6) is 0 Å². The summed E-state index contributed by atoms with van der Waals surface area (Å²) in [6.07, 6.45) is 0.594. The maximum Gasteiger partial charge on any atom is 0.182 e. The molecule has 14 heavy (non-hydrogen) atoms. The first-order valence-corrected chi connectivity index (χ1v) is 6.13. The van der Waals surface area contributed by atoms with Crippen LogP contribution in [0, 0.1) is 0 Å². The van der Waals surface area contributed by atoms with E-state index in [1.807, 2.05) is 6.92 Å². The van der Waals surface area contributed by atoms with Gasteiger partial charge in [-0.05, 0) is 25.5 Å². The van der Waals surface area contributed by atoms with Crippen molar-refractivity contribution in [1.82, 2.24) is 0 Å². The fraction of sp³-hybridized carbons (Fsp3) is 0.400. The van der Waals surface area contributed by atoms with Crippen LogP contribution in [0.3, 0.4) is 0 Å². The Morgan fingerprint density at radius 3 is 2.43 bits per heavy atom. The van der Waals surface area contributed by atoms with E-state index in [0.717, 1.165) is 0 Å². The zero-order valence-electron chi connectivity index (χ0n) is 8.40. The molecular weight excluding hydrogens is 198 g/mol. The van der Waals surface area contributed by atoms with Gasteiger partial charge >= 0.3 is 0 Å². The molecule has 1 atom stereocenters. The zero-order chi connectivity index (χ0) is 10.8. The van der Waals surface area contributed by atoms with Crippen LogP contribution in [-0.2, 0) is 9.84 Å². The van der Waals surface area contributed by atoms with Crippen LogP contribution in [0.1, 0.15) is 20.3 Å². The first kappa shape index (κ1) is 11.0. The molecule has 0 radical (unpaired) electrons. The molecule has 1 unspecified atom stereocenters. The fourth-order valence-electron chi connectivity index (χ4n) is 1.18. The lowest BCUT2D eigenvalue weighted by Gasteiger charge is -2.12. The number of para-hydroxylation sites is 1. The molecule has 0 saturated carbocycles. The molecule has 0 aliphatic heterocycles. The van der Waals surface area contributed by atoms with Gasteiger partial charge in [-0.2, -0.15) is 0 Å². The van der Waals surface area contributed by atoms with E-state index in [-0.39, 0.29) is 10.1 Å². The van der Waals surface area contributed by atoms with Gasteiger partial charge in [0.15, 0.2) is 9.84 Å². The Labute approximate surface area is 84.9 Å².